The van der Waals surface area contributed by atoms with Gasteiger partial charge in [0.05, 0.1) is 11.9 Å². The first-order valence-electron chi connectivity index (χ1n) is 13.8. The Bertz CT molecular complexity index is 1440. The highest BCUT2D eigenvalue weighted by molar-refractivity contribution is 7.92. The Hall–Kier alpha value is -3.14. The van der Waals surface area contributed by atoms with Gasteiger partial charge in [0.25, 0.3) is 0 Å². The minimum Gasteiger partial charge on any atom is -0.354 e. The second-order valence-corrected chi connectivity index (χ2v) is 12.7. The molecular formula is C31H36Cl2FN3O4S. The zero-order valence-corrected chi connectivity index (χ0v) is 26.1. The standard InChI is InChI=1S/C31H36Cl2FN3O4S/c1-3-4-19-35-31(39)29(21-23-12-6-5-7-13-23)36(22-24-25(32)14-10-15-26(24)33)30(38)18-11-20-37(42(2,40)41)28-17-9-8-16-27(28)34/h5-10,12-17,29H,3-4,11,18-22H2,1-2H3,(H,35,39)/t29-/m1/s1. The summed E-state index contributed by atoms with van der Waals surface area (Å²) in [7, 11) is -3.83. The maximum Gasteiger partial charge on any atom is 0.243 e. The fraction of sp³-hybridized carbons (Fsp3) is 0.355. The third kappa shape index (κ3) is 9.44. The molecule has 3 rings (SSSR count). The van der Waals surface area contributed by atoms with E-state index in [1.54, 1.807) is 24.3 Å². The average Bonchev–Trinajstić information content (AvgIpc) is 2.95. The van der Waals surface area contributed by atoms with E-state index in [4.69, 9.17) is 23.2 Å². The van der Waals surface area contributed by atoms with E-state index in [0.717, 1.165) is 29.0 Å². The second kappa shape index (κ2) is 15.9. The molecule has 0 radical (unpaired) electrons. The van der Waals surface area contributed by atoms with E-state index < -0.39 is 21.9 Å². The zero-order valence-electron chi connectivity index (χ0n) is 23.7. The molecule has 0 spiro atoms. The van der Waals surface area contributed by atoms with Crippen molar-refractivity contribution in [1.82, 2.24) is 10.2 Å². The molecule has 0 heterocycles. The van der Waals surface area contributed by atoms with E-state index in [1.165, 1.54) is 23.1 Å². The summed E-state index contributed by atoms with van der Waals surface area (Å²) in [6, 6.07) is 19.1. The number of anilines is 1. The third-order valence-corrected chi connectivity index (χ3v) is 8.65. The molecule has 7 nitrogen and oxygen atoms in total. The molecule has 0 unspecified atom stereocenters. The normalized spacial score (nSPS) is 12.0. The number of hydrogen-bond donors (Lipinski definition) is 1. The summed E-state index contributed by atoms with van der Waals surface area (Å²) in [5.74, 6) is -1.39. The summed E-state index contributed by atoms with van der Waals surface area (Å²) in [4.78, 5) is 28.9. The molecule has 3 aromatic carbocycles. The summed E-state index contributed by atoms with van der Waals surface area (Å²) in [6.07, 6.45) is 2.89. The molecule has 0 bridgehead atoms. The fourth-order valence-electron chi connectivity index (χ4n) is 4.55. The summed E-state index contributed by atoms with van der Waals surface area (Å²) in [5.41, 5.74) is 1.26. The van der Waals surface area contributed by atoms with Crippen LogP contribution in [-0.2, 0) is 32.6 Å². The highest BCUT2D eigenvalue weighted by atomic mass is 35.5. The molecule has 0 aromatic heterocycles. The number of carbonyl (C=O) groups is 2. The molecule has 42 heavy (non-hydrogen) atoms. The van der Waals surface area contributed by atoms with Crippen molar-refractivity contribution in [3.05, 3.63) is 99.8 Å². The van der Waals surface area contributed by atoms with E-state index >= 15 is 0 Å². The number of nitrogens with one attached hydrogen (secondary N) is 1. The van der Waals surface area contributed by atoms with Gasteiger partial charge in [-0.15, -0.1) is 0 Å². The molecule has 11 heteroatoms. The molecule has 3 aromatic rings. The summed E-state index contributed by atoms with van der Waals surface area (Å²) < 4.78 is 40.5. The van der Waals surface area contributed by atoms with Crippen molar-refractivity contribution in [2.75, 3.05) is 23.7 Å². The summed E-state index contributed by atoms with van der Waals surface area (Å²) >= 11 is 12.9. The Labute approximate surface area is 257 Å². The van der Waals surface area contributed by atoms with Crippen LogP contribution in [0.25, 0.3) is 0 Å². The summed E-state index contributed by atoms with van der Waals surface area (Å²) in [6.45, 7) is 2.32. The molecule has 0 aliphatic heterocycles. The van der Waals surface area contributed by atoms with E-state index in [0.29, 0.717) is 22.2 Å². The van der Waals surface area contributed by atoms with Crippen molar-refractivity contribution in [3.63, 3.8) is 0 Å². The van der Waals surface area contributed by atoms with Gasteiger partial charge in [-0.1, -0.05) is 85.1 Å². The van der Waals surface area contributed by atoms with Gasteiger partial charge in [-0.2, -0.15) is 0 Å². The highest BCUT2D eigenvalue weighted by Crippen LogP contribution is 2.28. The van der Waals surface area contributed by atoms with Crippen LogP contribution in [0, 0.1) is 5.82 Å². The topological polar surface area (TPSA) is 86.8 Å². The number of amides is 2. The van der Waals surface area contributed by atoms with Gasteiger partial charge in [0.2, 0.25) is 21.8 Å². The maximum absolute atomic E-state index is 14.5. The van der Waals surface area contributed by atoms with Gasteiger partial charge in [-0.3, -0.25) is 13.9 Å². The molecule has 1 N–H and O–H groups in total. The van der Waals surface area contributed by atoms with E-state index in [-0.39, 0.29) is 49.9 Å². The molecular weight excluding hydrogens is 600 g/mol. The molecule has 0 aliphatic rings. The van der Waals surface area contributed by atoms with Crippen LogP contribution in [-0.4, -0.2) is 50.5 Å². The van der Waals surface area contributed by atoms with E-state index in [1.807, 2.05) is 37.3 Å². The molecule has 0 aliphatic carbocycles. The molecule has 0 saturated heterocycles. The SMILES string of the molecule is CCCCNC(=O)[C@@H](Cc1ccccc1)N(Cc1c(Cl)cccc1Cl)C(=O)CCCN(c1ccccc1F)S(C)(=O)=O. The first kappa shape index (κ1) is 33.4. The van der Waals surface area contributed by atoms with Crippen LogP contribution in [0.15, 0.2) is 72.8 Å². The quantitative estimate of drug-likeness (QED) is 0.200. The monoisotopic (exact) mass is 635 g/mol. The largest absolute Gasteiger partial charge is 0.354 e. The van der Waals surface area contributed by atoms with Gasteiger partial charge >= 0.3 is 0 Å². The van der Waals surface area contributed by atoms with Gasteiger partial charge in [-0.25, -0.2) is 12.8 Å². The van der Waals surface area contributed by atoms with Crippen molar-refractivity contribution >= 4 is 50.7 Å². The van der Waals surface area contributed by atoms with Gasteiger partial charge in [0.15, 0.2) is 0 Å². The van der Waals surface area contributed by atoms with Gasteiger partial charge < -0.3 is 10.2 Å². The van der Waals surface area contributed by atoms with Crippen LogP contribution >= 0.6 is 23.2 Å². The van der Waals surface area contributed by atoms with Gasteiger partial charge in [0, 0.05) is 48.1 Å². The Morgan fingerprint density at radius 1 is 0.929 bits per heavy atom. The predicted octanol–water partition coefficient (Wildman–Crippen LogP) is 6.24. The van der Waals surface area contributed by atoms with Crippen molar-refractivity contribution in [2.45, 2.75) is 51.6 Å². The first-order valence-corrected chi connectivity index (χ1v) is 16.4. The van der Waals surface area contributed by atoms with Crippen LogP contribution in [0.4, 0.5) is 10.1 Å². The lowest BCUT2D eigenvalue weighted by Crippen LogP contribution is -2.50. The Morgan fingerprint density at radius 3 is 2.19 bits per heavy atom. The fourth-order valence-corrected chi connectivity index (χ4v) is 6.03. The van der Waals surface area contributed by atoms with Crippen molar-refractivity contribution in [2.24, 2.45) is 0 Å². The lowest BCUT2D eigenvalue weighted by atomic mass is 10.0. The lowest BCUT2D eigenvalue weighted by molar-refractivity contribution is -0.141. The minimum atomic E-state index is -3.83. The van der Waals surface area contributed by atoms with Gasteiger partial charge in [-0.05, 0) is 42.7 Å². The smallest absolute Gasteiger partial charge is 0.243 e. The molecule has 2 amide bonds. The Kier molecular flexibility index (Phi) is 12.6. The van der Waals surface area contributed by atoms with Crippen LogP contribution < -0.4 is 9.62 Å². The second-order valence-electron chi connectivity index (χ2n) is 9.96. The van der Waals surface area contributed by atoms with Crippen LogP contribution in [0.5, 0.6) is 0 Å². The van der Waals surface area contributed by atoms with Crippen LogP contribution in [0.2, 0.25) is 10.0 Å². The first-order chi connectivity index (χ1) is 20.0. The van der Waals surface area contributed by atoms with E-state index in [9.17, 15) is 22.4 Å². The van der Waals surface area contributed by atoms with Crippen molar-refractivity contribution in [1.29, 1.82) is 0 Å². The zero-order chi connectivity index (χ0) is 30.7. The number of nitrogens with zero attached hydrogens (tertiary/aromatic N) is 2. The number of halogens is 3. The van der Waals surface area contributed by atoms with E-state index in [2.05, 4.69) is 5.32 Å². The lowest BCUT2D eigenvalue weighted by Gasteiger charge is -2.32. The van der Waals surface area contributed by atoms with Crippen molar-refractivity contribution in [3.8, 4) is 0 Å². The number of hydrogen-bond acceptors (Lipinski definition) is 4. The number of sulfonamides is 1. The average molecular weight is 637 g/mol. The minimum absolute atomic E-state index is 0.0286. The predicted molar refractivity (Wildman–Crippen MR) is 167 cm³/mol. The molecule has 0 saturated carbocycles. The van der Waals surface area contributed by atoms with Crippen LogP contribution in [0.1, 0.15) is 43.7 Å². The number of rotatable bonds is 15. The molecule has 226 valence electrons. The number of para-hydroxylation sites is 1. The van der Waals surface area contributed by atoms with Crippen molar-refractivity contribution < 1.29 is 22.4 Å². The Morgan fingerprint density at radius 2 is 1.57 bits per heavy atom. The number of benzene rings is 3. The molecule has 0 fully saturated rings. The Balaban J connectivity index is 1.92. The maximum atomic E-state index is 14.5. The molecule has 1 atom stereocenters. The third-order valence-electron chi connectivity index (χ3n) is 6.76. The number of carbonyl (C=O) groups excluding carboxylic acids is 2. The number of unbranched alkanes of at least 4 members (excludes halogenated alkanes) is 1. The van der Waals surface area contributed by atoms with Crippen LogP contribution in [0.3, 0.4) is 0 Å². The summed E-state index contributed by atoms with van der Waals surface area (Å²) in [5, 5.41) is 3.66. The van der Waals surface area contributed by atoms with Gasteiger partial charge in [0.1, 0.15) is 11.9 Å². The highest BCUT2D eigenvalue weighted by Gasteiger charge is 2.31.